The molecule has 2 heterocycles. The van der Waals surface area contributed by atoms with E-state index in [1.54, 1.807) is 7.11 Å². The van der Waals surface area contributed by atoms with Crippen molar-refractivity contribution < 1.29 is 9.53 Å². The van der Waals surface area contributed by atoms with Crippen LogP contribution in [0.15, 0.2) is 28.6 Å². The number of likely N-dealkylation sites (tertiary alicyclic amines) is 1. The molecule has 1 aromatic carbocycles. The summed E-state index contributed by atoms with van der Waals surface area (Å²) in [6.45, 7) is 1.87. The van der Waals surface area contributed by atoms with Gasteiger partial charge in [0.25, 0.3) is 0 Å². The molecule has 28 heavy (non-hydrogen) atoms. The topological polar surface area (TPSA) is 67.3 Å². The van der Waals surface area contributed by atoms with Crippen LogP contribution in [-0.4, -0.2) is 47.0 Å². The molecule has 2 aliphatic rings. The molecule has 1 N–H and O–H groups in total. The molecule has 150 valence electrons. The number of fused-ring (bicyclic) bond motifs is 1. The van der Waals surface area contributed by atoms with Crippen molar-refractivity contribution >= 4 is 39.8 Å². The molecule has 0 spiro atoms. The lowest BCUT2D eigenvalue weighted by atomic mass is 9.75. The van der Waals surface area contributed by atoms with Crippen LogP contribution in [0, 0.1) is 11.8 Å². The van der Waals surface area contributed by atoms with E-state index < -0.39 is 0 Å². The van der Waals surface area contributed by atoms with Gasteiger partial charge in [-0.15, -0.1) is 10.2 Å². The van der Waals surface area contributed by atoms with Crippen LogP contribution in [-0.2, 0) is 4.79 Å². The van der Waals surface area contributed by atoms with Gasteiger partial charge in [0, 0.05) is 18.8 Å². The molecule has 0 unspecified atom stereocenters. The Kier molecular flexibility index (Phi) is 6.36. The molecule has 2 aromatic rings. The number of hydrogen-bond acceptors (Lipinski definition) is 7. The minimum Gasteiger partial charge on any atom is -0.497 e. The number of nitrogens with zero attached hydrogens (tertiary/aromatic N) is 3. The fourth-order valence-electron chi connectivity index (χ4n) is 4.16. The minimum atomic E-state index is 0.230. The molecule has 2 fully saturated rings. The SMILES string of the molecule is COc1ccc(Nc2nnc(SCC(=O)N3CC[C@@H]4CCCC[C@@H]4C3)s2)cc1. The van der Waals surface area contributed by atoms with Crippen LogP contribution in [0.2, 0.25) is 0 Å². The van der Waals surface area contributed by atoms with Crippen molar-refractivity contribution in [2.75, 3.05) is 31.3 Å². The third-order valence-electron chi connectivity index (χ3n) is 5.71. The Hall–Kier alpha value is -1.80. The summed E-state index contributed by atoms with van der Waals surface area (Å²) < 4.78 is 5.98. The van der Waals surface area contributed by atoms with E-state index in [1.165, 1.54) is 55.2 Å². The van der Waals surface area contributed by atoms with E-state index in [4.69, 9.17) is 4.74 Å². The number of anilines is 2. The molecule has 1 aromatic heterocycles. The van der Waals surface area contributed by atoms with E-state index in [-0.39, 0.29) is 5.91 Å². The molecule has 2 atom stereocenters. The second-order valence-corrected chi connectivity index (χ2v) is 9.65. The Morgan fingerprint density at radius 2 is 2.00 bits per heavy atom. The average Bonchev–Trinajstić information content (AvgIpc) is 3.19. The predicted molar refractivity (Wildman–Crippen MR) is 114 cm³/mol. The zero-order valence-electron chi connectivity index (χ0n) is 16.1. The number of thioether (sulfide) groups is 1. The number of aromatic nitrogens is 2. The van der Waals surface area contributed by atoms with E-state index in [1.807, 2.05) is 24.3 Å². The zero-order valence-corrected chi connectivity index (χ0v) is 17.7. The highest BCUT2D eigenvalue weighted by molar-refractivity contribution is 8.01. The third kappa shape index (κ3) is 4.78. The molecule has 1 saturated carbocycles. The van der Waals surface area contributed by atoms with Gasteiger partial charge in [0.2, 0.25) is 11.0 Å². The number of hydrogen-bond donors (Lipinski definition) is 1. The third-order valence-corrected chi connectivity index (χ3v) is 7.67. The van der Waals surface area contributed by atoms with Crippen LogP contribution in [0.1, 0.15) is 32.1 Å². The smallest absolute Gasteiger partial charge is 0.233 e. The van der Waals surface area contributed by atoms with Gasteiger partial charge in [-0.1, -0.05) is 42.4 Å². The highest BCUT2D eigenvalue weighted by atomic mass is 32.2. The second-order valence-electron chi connectivity index (χ2n) is 7.45. The number of methoxy groups -OCH3 is 1. The number of nitrogens with one attached hydrogen (secondary N) is 1. The number of ether oxygens (including phenoxy) is 1. The van der Waals surface area contributed by atoms with Crippen LogP contribution in [0.3, 0.4) is 0 Å². The first-order chi connectivity index (χ1) is 13.7. The maximum Gasteiger partial charge on any atom is 0.233 e. The molecule has 4 rings (SSSR count). The maximum atomic E-state index is 12.6. The van der Waals surface area contributed by atoms with Gasteiger partial charge >= 0.3 is 0 Å². The van der Waals surface area contributed by atoms with Crippen molar-refractivity contribution in [3.05, 3.63) is 24.3 Å². The predicted octanol–water partition coefficient (Wildman–Crippen LogP) is 4.42. The van der Waals surface area contributed by atoms with Gasteiger partial charge in [0.05, 0.1) is 12.9 Å². The molecular weight excluding hydrogens is 392 g/mol. The normalized spacial score (nSPS) is 21.8. The summed E-state index contributed by atoms with van der Waals surface area (Å²) in [6, 6.07) is 7.66. The van der Waals surface area contributed by atoms with Crippen molar-refractivity contribution in [1.82, 2.24) is 15.1 Å². The molecule has 1 amide bonds. The number of amides is 1. The van der Waals surface area contributed by atoms with Gasteiger partial charge in [-0.05, 0) is 48.9 Å². The summed E-state index contributed by atoms with van der Waals surface area (Å²) in [5.41, 5.74) is 0.930. The Morgan fingerprint density at radius 1 is 1.21 bits per heavy atom. The van der Waals surface area contributed by atoms with Gasteiger partial charge in [-0.3, -0.25) is 4.79 Å². The first-order valence-electron chi connectivity index (χ1n) is 9.86. The summed E-state index contributed by atoms with van der Waals surface area (Å²) in [5, 5.41) is 12.3. The Labute approximate surface area is 174 Å². The van der Waals surface area contributed by atoms with E-state index in [0.717, 1.165) is 45.8 Å². The van der Waals surface area contributed by atoms with Crippen LogP contribution in [0.4, 0.5) is 10.8 Å². The number of carbonyl (C=O) groups excluding carboxylic acids is 1. The lowest BCUT2D eigenvalue weighted by Crippen LogP contribution is -2.45. The summed E-state index contributed by atoms with van der Waals surface area (Å²) in [4.78, 5) is 14.7. The van der Waals surface area contributed by atoms with Gasteiger partial charge in [-0.25, -0.2) is 0 Å². The highest BCUT2D eigenvalue weighted by Crippen LogP contribution is 2.36. The second kappa shape index (κ2) is 9.13. The summed E-state index contributed by atoms with van der Waals surface area (Å²) >= 11 is 2.95. The van der Waals surface area contributed by atoms with E-state index >= 15 is 0 Å². The molecule has 1 saturated heterocycles. The first-order valence-corrected chi connectivity index (χ1v) is 11.7. The van der Waals surface area contributed by atoms with Crippen LogP contribution in [0.5, 0.6) is 5.75 Å². The summed E-state index contributed by atoms with van der Waals surface area (Å²) in [6.07, 6.45) is 6.52. The monoisotopic (exact) mass is 418 g/mol. The molecule has 8 heteroatoms. The maximum absolute atomic E-state index is 12.6. The van der Waals surface area contributed by atoms with E-state index in [2.05, 4.69) is 20.4 Å². The highest BCUT2D eigenvalue weighted by Gasteiger charge is 2.32. The summed E-state index contributed by atoms with van der Waals surface area (Å²) in [5.74, 6) is 3.05. The molecule has 0 bridgehead atoms. The average molecular weight is 419 g/mol. The van der Waals surface area contributed by atoms with Crippen molar-refractivity contribution in [2.45, 2.75) is 36.4 Å². The fourth-order valence-corrected chi connectivity index (χ4v) is 5.83. The van der Waals surface area contributed by atoms with Crippen molar-refractivity contribution in [3.8, 4) is 5.75 Å². The Bertz CT molecular complexity index is 796. The van der Waals surface area contributed by atoms with Gasteiger partial charge in [0.15, 0.2) is 4.34 Å². The number of rotatable bonds is 6. The quantitative estimate of drug-likeness (QED) is 0.701. The van der Waals surface area contributed by atoms with Gasteiger partial charge in [-0.2, -0.15) is 0 Å². The fraction of sp³-hybridized carbons (Fsp3) is 0.550. The largest absolute Gasteiger partial charge is 0.497 e. The van der Waals surface area contributed by atoms with Crippen LogP contribution >= 0.6 is 23.1 Å². The van der Waals surface area contributed by atoms with Gasteiger partial charge in [0.1, 0.15) is 5.75 Å². The lowest BCUT2D eigenvalue weighted by Gasteiger charge is -2.41. The molecule has 6 nitrogen and oxygen atoms in total. The number of carbonyl (C=O) groups is 1. The van der Waals surface area contributed by atoms with Crippen molar-refractivity contribution in [1.29, 1.82) is 0 Å². The van der Waals surface area contributed by atoms with E-state index in [9.17, 15) is 4.79 Å². The minimum absolute atomic E-state index is 0.230. The van der Waals surface area contributed by atoms with Gasteiger partial charge < -0.3 is 15.0 Å². The van der Waals surface area contributed by atoms with Crippen LogP contribution in [0.25, 0.3) is 0 Å². The molecule has 0 radical (unpaired) electrons. The van der Waals surface area contributed by atoms with Crippen molar-refractivity contribution in [3.63, 3.8) is 0 Å². The van der Waals surface area contributed by atoms with Crippen LogP contribution < -0.4 is 10.1 Å². The number of benzene rings is 1. The Balaban J connectivity index is 1.26. The molecule has 1 aliphatic carbocycles. The molecular formula is C20H26N4O2S2. The summed E-state index contributed by atoms with van der Waals surface area (Å²) in [7, 11) is 1.65. The standard InChI is InChI=1S/C20H26N4O2S2/c1-26-17-8-6-16(7-9-17)21-19-22-23-20(28-19)27-13-18(25)24-11-10-14-4-2-3-5-15(14)12-24/h6-9,14-15H,2-5,10-13H2,1H3,(H,21,22)/t14-,15+/m0/s1. The van der Waals surface area contributed by atoms with Crippen molar-refractivity contribution in [2.24, 2.45) is 11.8 Å². The van der Waals surface area contributed by atoms with E-state index in [0.29, 0.717) is 5.75 Å². The molecule has 1 aliphatic heterocycles. The number of piperidine rings is 1. The first kappa shape index (κ1) is 19.5. The Morgan fingerprint density at radius 3 is 2.79 bits per heavy atom. The lowest BCUT2D eigenvalue weighted by molar-refractivity contribution is -0.131. The zero-order chi connectivity index (χ0) is 19.3.